The van der Waals surface area contributed by atoms with Gasteiger partial charge in [-0.3, -0.25) is 9.59 Å². The fourth-order valence-electron chi connectivity index (χ4n) is 7.00. The van der Waals surface area contributed by atoms with E-state index >= 15 is 0 Å². The molecule has 48 heavy (non-hydrogen) atoms. The van der Waals surface area contributed by atoms with Gasteiger partial charge in [-0.25, -0.2) is 4.79 Å². The van der Waals surface area contributed by atoms with E-state index in [1.807, 2.05) is 26.0 Å². The zero-order valence-corrected chi connectivity index (χ0v) is 29.6. The molecule has 2 aliphatic carbocycles. The lowest BCUT2D eigenvalue weighted by atomic mass is 9.68. The van der Waals surface area contributed by atoms with Gasteiger partial charge in [-0.2, -0.15) is 0 Å². The lowest BCUT2D eigenvalue weighted by Gasteiger charge is -2.38. The van der Waals surface area contributed by atoms with Crippen LogP contribution in [0.3, 0.4) is 0 Å². The van der Waals surface area contributed by atoms with E-state index < -0.39 is 0 Å². The van der Waals surface area contributed by atoms with Crippen LogP contribution in [0.15, 0.2) is 55.1 Å². The first-order chi connectivity index (χ1) is 23.0. The van der Waals surface area contributed by atoms with E-state index in [0.717, 1.165) is 61.8 Å². The van der Waals surface area contributed by atoms with Gasteiger partial charge < -0.3 is 14.2 Å². The van der Waals surface area contributed by atoms with E-state index in [9.17, 15) is 14.4 Å². The summed E-state index contributed by atoms with van der Waals surface area (Å²) in [7, 11) is 1.63. The van der Waals surface area contributed by atoms with Crippen molar-refractivity contribution in [3.05, 3.63) is 71.8 Å². The summed E-state index contributed by atoms with van der Waals surface area (Å²) >= 11 is 0. The second kappa shape index (κ2) is 25.6. The van der Waals surface area contributed by atoms with Crippen molar-refractivity contribution in [3.63, 3.8) is 0 Å². The highest BCUT2D eigenvalue weighted by molar-refractivity contribution is 5.81. The number of ether oxygens (including phenoxy) is 3. The van der Waals surface area contributed by atoms with Crippen LogP contribution in [-0.2, 0) is 9.53 Å². The summed E-state index contributed by atoms with van der Waals surface area (Å²) in [6.07, 6.45) is 20.7. The lowest BCUT2D eigenvalue weighted by Crippen LogP contribution is -2.25. The fourth-order valence-corrected chi connectivity index (χ4v) is 7.00. The third-order valence-corrected chi connectivity index (χ3v) is 9.61. The summed E-state index contributed by atoms with van der Waals surface area (Å²) in [5.74, 6) is 4.66. The van der Waals surface area contributed by atoms with Crippen molar-refractivity contribution in [3.8, 4) is 11.5 Å². The summed E-state index contributed by atoms with van der Waals surface area (Å²) in [5, 5.41) is 0. The zero-order chi connectivity index (χ0) is 34.3. The third-order valence-electron chi connectivity index (χ3n) is 9.61. The molecule has 0 N–H and O–H groups in total. The Bertz CT molecular complexity index is 1160. The number of benzene rings is 2. The number of aldehydes is 2. The van der Waals surface area contributed by atoms with Crippen molar-refractivity contribution in [2.45, 2.75) is 124 Å². The topological polar surface area (TPSA) is 78.9 Å². The Kier molecular flexibility index (Phi) is 22.7. The standard InChI is InChI=1S/C23H34O2.C16H20O4.C2H6.CH4/c1-3-4-17-5-7-18(8-6-17)19-9-11-20(12-10-19)21-13-14-23(25-2)22(15-21)16-24;1-2-16(18)20-12-6-4-3-5-11-19-15-9-7-14(13-17)8-10-15;1-2;/h13-20H,3-12H2,1-2H3;2,7-10,13H,1,3-6,11-12H2;1-2H3;1H4. The van der Waals surface area contributed by atoms with Crippen LogP contribution >= 0.6 is 0 Å². The summed E-state index contributed by atoms with van der Waals surface area (Å²) in [6.45, 7) is 10.7. The van der Waals surface area contributed by atoms with Gasteiger partial charge in [-0.1, -0.05) is 66.5 Å². The second-order valence-corrected chi connectivity index (χ2v) is 12.6. The third kappa shape index (κ3) is 15.2. The molecule has 2 fully saturated rings. The molecular weight excluding hydrogens is 600 g/mol. The molecule has 2 saturated carbocycles. The minimum absolute atomic E-state index is 0. The quantitative estimate of drug-likeness (QED) is 0.0769. The first-order valence-electron chi connectivity index (χ1n) is 18.1. The smallest absolute Gasteiger partial charge is 0.330 e. The predicted octanol–water partition coefficient (Wildman–Crippen LogP) is 11.2. The van der Waals surface area contributed by atoms with Gasteiger partial charge in [0.25, 0.3) is 0 Å². The van der Waals surface area contributed by atoms with Crippen molar-refractivity contribution >= 4 is 18.5 Å². The number of carbonyl (C=O) groups is 3. The van der Waals surface area contributed by atoms with Crippen LogP contribution in [0.4, 0.5) is 0 Å². The molecule has 0 saturated heterocycles. The van der Waals surface area contributed by atoms with Crippen molar-refractivity contribution in [1.29, 1.82) is 0 Å². The number of rotatable bonds is 16. The molecule has 0 aromatic heterocycles. The molecule has 2 aromatic carbocycles. The van der Waals surface area contributed by atoms with Crippen LogP contribution in [0.25, 0.3) is 0 Å². The summed E-state index contributed by atoms with van der Waals surface area (Å²) in [5.41, 5.74) is 2.66. The van der Waals surface area contributed by atoms with Crippen LogP contribution in [0, 0.1) is 17.8 Å². The second-order valence-electron chi connectivity index (χ2n) is 12.6. The maximum Gasteiger partial charge on any atom is 0.330 e. The summed E-state index contributed by atoms with van der Waals surface area (Å²) in [6, 6.07) is 13.2. The highest BCUT2D eigenvalue weighted by atomic mass is 16.5. The minimum Gasteiger partial charge on any atom is -0.496 e. The Morgan fingerprint density at radius 3 is 1.96 bits per heavy atom. The van der Waals surface area contributed by atoms with Crippen LogP contribution in [0.1, 0.15) is 150 Å². The van der Waals surface area contributed by atoms with Gasteiger partial charge in [0.05, 0.1) is 25.9 Å². The average Bonchev–Trinajstić information content (AvgIpc) is 3.14. The monoisotopic (exact) mass is 664 g/mol. The number of esters is 1. The fraction of sp³-hybridized carbons (Fsp3) is 0.595. The van der Waals surface area contributed by atoms with E-state index in [4.69, 9.17) is 14.2 Å². The molecule has 2 aromatic rings. The number of hydrogen-bond donors (Lipinski definition) is 0. The SMILES string of the molecule is C.C=CC(=O)OCCCCCCOc1ccc(C=O)cc1.CC.CCCC1CCC(C2CCC(c3ccc(OC)c(C=O)c3)CC2)CC1. The number of carbonyl (C=O) groups excluding carboxylic acids is 3. The Balaban J connectivity index is 0.000000458. The first-order valence-corrected chi connectivity index (χ1v) is 18.1. The van der Waals surface area contributed by atoms with Crippen LogP contribution in [0.2, 0.25) is 0 Å². The number of hydrogen-bond acceptors (Lipinski definition) is 6. The van der Waals surface area contributed by atoms with Gasteiger partial charge in [0.15, 0.2) is 6.29 Å². The van der Waals surface area contributed by atoms with Gasteiger partial charge in [0.1, 0.15) is 17.8 Å². The molecular formula is C42H64O6. The Morgan fingerprint density at radius 1 is 0.812 bits per heavy atom. The molecule has 6 heteroatoms. The van der Waals surface area contributed by atoms with Crippen LogP contribution in [0.5, 0.6) is 11.5 Å². The molecule has 0 spiro atoms. The van der Waals surface area contributed by atoms with Gasteiger partial charge in [0, 0.05) is 11.6 Å². The van der Waals surface area contributed by atoms with E-state index in [2.05, 4.69) is 19.6 Å². The number of methoxy groups -OCH3 is 1. The van der Waals surface area contributed by atoms with Crippen molar-refractivity contribution < 1.29 is 28.6 Å². The first kappa shape index (κ1) is 42.6. The molecule has 0 aliphatic heterocycles. The Labute approximate surface area is 292 Å². The largest absolute Gasteiger partial charge is 0.496 e. The van der Waals surface area contributed by atoms with Crippen molar-refractivity contribution in [1.82, 2.24) is 0 Å². The van der Waals surface area contributed by atoms with E-state index in [-0.39, 0.29) is 13.4 Å². The number of unbranched alkanes of at least 4 members (excludes halogenated alkanes) is 3. The highest BCUT2D eigenvalue weighted by Gasteiger charge is 2.31. The minimum atomic E-state index is -0.368. The molecule has 0 amide bonds. The Morgan fingerprint density at radius 2 is 1.42 bits per heavy atom. The molecule has 268 valence electrons. The van der Waals surface area contributed by atoms with E-state index in [1.54, 1.807) is 31.4 Å². The Hall–Kier alpha value is -3.41. The molecule has 0 bridgehead atoms. The molecule has 4 rings (SSSR count). The lowest BCUT2D eigenvalue weighted by molar-refractivity contribution is -0.137. The maximum absolute atomic E-state index is 11.3. The van der Waals surface area contributed by atoms with Gasteiger partial charge >= 0.3 is 5.97 Å². The summed E-state index contributed by atoms with van der Waals surface area (Å²) in [4.78, 5) is 32.5. The van der Waals surface area contributed by atoms with Crippen LogP contribution in [-0.4, -0.2) is 38.9 Å². The molecule has 0 heterocycles. The maximum atomic E-state index is 11.3. The van der Waals surface area contributed by atoms with Crippen molar-refractivity contribution in [2.75, 3.05) is 20.3 Å². The molecule has 0 unspecified atom stereocenters. The molecule has 6 nitrogen and oxygen atoms in total. The zero-order valence-electron chi connectivity index (χ0n) is 29.6. The van der Waals surface area contributed by atoms with Gasteiger partial charge in [0.2, 0.25) is 0 Å². The molecule has 0 atom stereocenters. The van der Waals surface area contributed by atoms with Gasteiger partial charge in [-0.15, -0.1) is 0 Å². The summed E-state index contributed by atoms with van der Waals surface area (Å²) < 4.78 is 15.7. The van der Waals surface area contributed by atoms with Gasteiger partial charge in [-0.05, 0) is 130 Å². The molecule has 0 radical (unpaired) electrons. The predicted molar refractivity (Wildman–Crippen MR) is 198 cm³/mol. The van der Waals surface area contributed by atoms with Crippen LogP contribution < -0.4 is 9.47 Å². The van der Waals surface area contributed by atoms with E-state index in [1.165, 1.54) is 75.8 Å². The normalized spacial score (nSPS) is 19.8. The van der Waals surface area contributed by atoms with E-state index in [0.29, 0.717) is 36.0 Å². The van der Waals surface area contributed by atoms with Crippen molar-refractivity contribution in [2.24, 2.45) is 17.8 Å². The average molecular weight is 665 g/mol. The molecule has 2 aliphatic rings. The highest BCUT2D eigenvalue weighted by Crippen LogP contribution is 2.44.